The number of hydrogen-bond acceptors (Lipinski definition) is 2. The monoisotopic (exact) mass is 252 g/mol. The van der Waals surface area contributed by atoms with Crippen molar-refractivity contribution in [1.82, 2.24) is 4.90 Å². The Hall–Kier alpha value is -1.22. The molecule has 1 heterocycles. The van der Waals surface area contributed by atoms with Crippen LogP contribution >= 0.6 is 11.6 Å². The summed E-state index contributed by atoms with van der Waals surface area (Å²) in [6.07, 6.45) is 3.36. The van der Waals surface area contributed by atoms with Crippen LogP contribution in [0.2, 0.25) is 5.02 Å². The third-order valence-corrected chi connectivity index (χ3v) is 3.64. The number of nitrogen functional groups attached to an aromatic ring is 1. The number of benzene rings is 1. The summed E-state index contributed by atoms with van der Waals surface area (Å²) in [7, 11) is 0. The number of piperidine rings is 1. The zero-order chi connectivity index (χ0) is 12.4. The van der Waals surface area contributed by atoms with Gasteiger partial charge in [0.2, 0.25) is 0 Å². The van der Waals surface area contributed by atoms with Crippen LogP contribution in [0.5, 0.6) is 0 Å². The van der Waals surface area contributed by atoms with Gasteiger partial charge in [-0.25, -0.2) is 0 Å². The number of carbonyl (C=O) groups excluding carboxylic acids is 1. The fourth-order valence-corrected chi connectivity index (χ4v) is 2.41. The molecule has 0 bridgehead atoms. The van der Waals surface area contributed by atoms with Crippen LogP contribution in [-0.4, -0.2) is 23.4 Å². The van der Waals surface area contributed by atoms with Crippen molar-refractivity contribution in [2.45, 2.75) is 32.2 Å². The number of hydrogen-bond donors (Lipinski definition) is 1. The van der Waals surface area contributed by atoms with Crippen LogP contribution in [0.4, 0.5) is 5.69 Å². The number of nitrogens with zero attached hydrogens (tertiary/aromatic N) is 1. The first kappa shape index (κ1) is 12.2. The fraction of sp³-hybridized carbons (Fsp3) is 0.462. The molecular formula is C13H17ClN2O. The highest BCUT2D eigenvalue weighted by Crippen LogP contribution is 2.23. The van der Waals surface area contributed by atoms with E-state index in [-0.39, 0.29) is 5.91 Å². The molecule has 2 N–H and O–H groups in total. The van der Waals surface area contributed by atoms with E-state index in [1.807, 2.05) is 4.90 Å². The van der Waals surface area contributed by atoms with Crippen molar-refractivity contribution in [3.8, 4) is 0 Å². The summed E-state index contributed by atoms with van der Waals surface area (Å²) in [4.78, 5) is 14.2. The van der Waals surface area contributed by atoms with Gasteiger partial charge in [-0.2, -0.15) is 0 Å². The summed E-state index contributed by atoms with van der Waals surface area (Å²) in [5, 5.41) is 0.445. The van der Waals surface area contributed by atoms with Gasteiger partial charge in [0.1, 0.15) is 0 Å². The second kappa shape index (κ2) is 4.96. The lowest BCUT2D eigenvalue weighted by Crippen LogP contribution is -2.42. The number of halogens is 1. The smallest absolute Gasteiger partial charge is 0.254 e. The van der Waals surface area contributed by atoms with Gasteiger partial charge < -0.3 is 10.6 Å². The molecule has 3 nitrogen and oxygen atoms in total. The van der Waals surface area contributed by atoms with Crippen molar-refractivity contribution < 1.29 is 4.79 Å². The van der Waals surface area contributed by atoms with Crippen LogP contribution in [0.1, 0.15) is 36.5 Å². The zero-order valence-corrected chi connectivity index (χ0v) is 10.7. The van der Waals surface area contributed by atoms with E-state index in [9.17, 15) is 4.79 Å². The first-order valence-electron chi connectivity index (χ1n) is 5.95. The molecule has 1 aliphatic rings. The minimum Gasteiger partial charge on any atom is -0.398 e. The number of likely N-dealkylation sites (tertiary alicyclic amines) is 1. The lowest BCUT2D eigenvalue weighted by Gasteiger charge is -2.33. The molecule has 1 atom stereocenters. The summed E-state index contributed by atoms with van der Waals surface area (Å²) in [6, 6.07) is 5.39. The van der Waals surface area contributed by atoms with Crippen LogP contribution < -0.4 is 5.73 Å². The van der Waals surface area contributed by atoms with E-state index in [2.05, 4.69) is 6.92 Å². The van der Waals surface area contributed by atoms with Gasteiger partial charge in [0, 0.05) is 18.2 Å². The van der Waals surface area contributed by atoms with Crippen LogP contribution in [0.15, 0.2) is 18.2 Å². The van der Waals surface area contributed by atoms with E-state index < -0.39 is 0 Å². The van der Waals surface area contributed by atoms with Crippen molar-refractivity contribution >= 4 is 23.2 Å². The molecule has 1 aliphatic heterocycles. The number of nitrogens with two attached hydrogens (primary N) is 1. The summed E-state index contributed by atoms with van der Waals surface area (Å²) in [5.41, 5.74) is 6.77. The molecule has 0 radical (unpaired) electrons. The lowest BCUT2D eigenvalue weighted by molar-refractivity contribution is 0.0635. The van der Waals surface area contributed by atoms with E-state index in [4.69, 9.17) is 17.3 Å². The summed E-state index contributed by atoms with van der Waals surface area (Å²) in [6.45, 7) is 2.93. The van der Waals surface area contributed by atoms with E-state index in [1.54, 1.807) is 18.2 Å². The highest BCUT2D eigenvalue weighted by atomic mass is 35.5. The fourth-order valence-electron chi connectivity index (χ4n) is 2.23. The minimum absolute atomic E-state index is 0.0547. The predicted octanol–water partition coefficient (Wildman–Crippen LogP) is 2.94. The van der Waals surface area contributed by atoms with Crippen LogP contribution in [0, 0.1) is 0 Å². The molecule has 17 heavy (non-hydrogen) atoms. The summed E-state index contributed by atoms with van der Waals surface area (Å²) in [5.74, 6) is 0.0547. The van der Waals surface area contributed by atoms with E-state index >= 15 is 0 Å². The minimum atomic E-state index is 0.0547. The van der Waals surface area contributed by atoms with Crippen molar-refractivity contribution in [1.29, 1.82) is 0 Å². The van der Waals surface area contributed by atoms with Gasteiger partial charge in [0.05, 0.1) is 10.7 Å². The lowest BCUT2D eigenvalue weighted by atomic mass is 10.0. The Balaban J connectivity index is 2.21. The Kier molecular flexibility index (Phi) is 3.57. The van der Waals surface area contributed by atoms with Crippen LogP contribution in [0.25, 0.3) is 0 Å². The van der Waals surface area contributed by atoms with E-state index in [0.717, 1.165) is 19.4 Å². The normalized spacial score (nSPS) is 20.4. The predicted molar refractivity (Wildman–Crippen MR) is 70.2 cm³/mol. The molecule has 0 aromatic heterocycles. The van der Waals surface area contributed by atoms with Crippen molar-refractivity contribution in [2.75, 3.05) is 12.3 Å². The third kappa shape index (κ3) is 2.55. The van der Waals surface area contributed by atoms with Gasteiger partial charge in [-0.15, -0.1) is 0 Å². The van der Waals surface area contributed by atoms with E-state index in [1.165, 1.54) is 6.42 Å². The van der Waals surface area contributed by atoms with E-state index in [0.29, 0.717) is 22.3 Å². The number of amides is 1. The molecule has 1 aromatic rings. The quantitative estimate of drug-likeness (QED) is 0.781. The molecule has 1 amide bonds. The van der Waals surface area contributed by atoms with Crippen LogP contribution in [0.3, 0.4) is 0 Å². The van der Waals surface area contributed by atoms with Gasteiger partial charge in [-0.05, 0) is 44.4 Å². The van der Waals surface area contributed by atoms with Crippen LogP contribution in [-0.2, 0) is 0 Å². The molecular weight excluding hydrogens is 236 g/mol. The third-order valence-electron chi connectivity index (χ3n) is 3.31. The molecule has 92 valence electrons. The van der Waals surface area contributed by atoms with Gasteiger partial charge in [0.15, 0.2) is 0 Å². The number of anilines is 1. The Morgan fingerprint density at radius 1 is 1.47 bits per heavy atom. The Bertz CT molecular complexity index is 433. The molecule has 1 fully saturated rings. The molecule has 1 aromatic carbocycles. The second-order valence-electron chi connectivity index (χ2n) is 4.58. The topological polar surface area (TPSA) is 46.3 Å². The Labute approximate surface area is 107 Å². The van der Waals surface area contributed by atoms with Gasteiger partial charge >= 0.3 is 0 Å². The van der Waals surface area contributed by atoms with Crippen molar-refractivity contribution in [3.05, 3.63) is 28.8 Å². The highest BCUT2D eigenvalue weighted by Gasteiger charge is 2.24. The molecule has 4 heteroatoms. The average Bonchev–Trinajstić information content (AvgIpc) is 2.32. The largest absolute Gasteiger partial charge is 0.398 e. The SMILES string of the molecule is CC1CCCCN1C(=O)c1ccc(N)c(Cl)c1. The molecule has 1 saturated heterocycles. The van der Waals surface area contributed by atoms with Gasteiger partial charge in [-0.1, -0.05) is 11.6 Å². The maximum absolute atomic E-state index is 12.3. The standard InChI is InChI=1S/C13H17ClN2O/c1-9-4-2-3-7-16(9)13(17)10-5-6-12(15)11(14)8-10/h5-6,8-9H,2-4,7,15H2,1H3. The zero-order valence-electron chi connectivity index (χ0n) is 9.95. The van der Waals surface area contributed by atoms with Gasteiger partial charge in [0.25, 0.3) is 5.91 Å². The first-order valence-corrected chi connectivity index (χ1v) is 6.33. The Morgan fingerprint density at radius 2 is 2.24 bits per heavy atom. The molecule has 0 saturated carbocycles. The molecule has 1 unspecified atom stereocenters. The average molecular weight is 253 g/mol. The molecule has 2 rings (SSSR count). The summed E-state index contributed by atoms with van der Waals surface area (Å²) >= 11 is 5.94. The van der Waals surface area contributed by atoms with Gasteiger partial charge in [-0.3, -0.25) is 4.79 Å². The summed E-state index contributed by atoms with van der Waals surface area (Å²) < 4.78 is 0. The molecule has 0 spiro atoms. The Morgan fingerprint density at radius 3 is 2.88 bits per heavy atom. The molecule has 0 aliphatic carbocycles. The highest BCUT2D eigenvalue weighted by molar-refractivity contribution is 6.33. The second-order valence-corrected chi connectivity index (χ2v) is 4.99. The number of carbonyl (C=O) groups is 1. The van der Waals surface area contributed by atoms with Crippen molar-refractivity contribution in [2.24, 2.45) is 0 Å². The number of rotatable bonds is 1. The first-order chi connectivity index (χ1) is 8.09. The maximum Gasteiger partial charge on any atom is 0.254 e. The maximum atomic E-state index is 12.3. The van der Waals surface area contributed by atoms with Crippen molar-refractivity contribution in [3.63, 3.8) is 0 Å².